The first-order valence-electron chi connectivity index (χ1n) is 7.44. The third-order valence-electron chi connectivity index (χ3n) is 3.85. The number of nitrogens with one attached hydrogen (secondary N) is 1. The predicted molar refractivity (Wildman–Crippen MR) is 80.1 cm³/mol. The van der Waals surface area contributed by atoms with E-state index in [0.717, 1.165) is 31.2 Å². The molecule has 0 bridgehead atoms. The van der Waals surface area contributed by atoms with Crippen molar-refractivity contribution in [3.63, 3.8) is 0 Å². The monoisotopic (exact) mass is 261 g/mol. The van der Waals surface area contributed by atoms with Crippen LogP contribution in [0, 0.1) is 12.8 Å². The first-order chi connectivity index (χ1) is 9.04. The fraction of sp³-hybridized carbons (Fsp3) is 0.688. The first kappa shape index (κ1) is 14.5. The van der Waals surface area contributed by atoms with Gasteiger partial charge < -0.3 is 5.32 Å². The summed E-state index contributed by atoms with van der Waals surface area (Å²) in [5, 5.41) is 3.67. The highest BCUT2D eigenvalue weighted by molar-refractivity contribution is 5.10. The second kappa shape index (κ2) is 6.49. The van der Waals surface area contributed by atoms with Crippen molar-refractivity contribution >= 4 is 0 Å². The minimum absolute atomic E-state index is 0.589. The van der Waals surface area contributed by atoms with Crippen molar-refractivity contribution < 1.29 is 0 Å². The normalized spacial score (nSPS) is 24.9. The molecule has 0 aliphatic carbocycles. The molecule has 0 spiro atoms. The highest BCUT2D eigenvalue weighted by Crippen LogP contribution is 2.15. The van der Waals surface area contributed by atoms with E-state index in [1.807, 2.05) is 0 Å². The molecule has 106 valence electrons. The quantitative estimate of drug-likeness (QED) is 0.903. The van der Waals surface area contributed by atoms with Crippen LogP contribution in [0.15, 0.2) is 18.2 Å². The van der Waals surface area contributed by atoms with E-state index in [1.54, 1.807) is 0 Å². The van der Waals surface area contributed by atoms with Crippen LogP contribution in [0.25, 0.3) is 0 Å². The van der Waals surface area contributed by atoms with E-state index in [9.17, 15) is 0 Å². The Hall–Kier alpha value is -0.930. The summed E-state index contributed by atoms with van der Waals surface area (Å²) in [6.45, 7) is 12.1. The van der Waals surface area contributed by atoms with Gasteiger partial charge in [0, 0.05) is 37.4 Å². The Bertz CT molecular complexity index is 403. The summed E-state index contributed by atoms with van der Waals surface area (Å²) in [5.74, 6) is 0.754. The Morgan fingerprint density at radius 2 is 2.21 bits per heavy atom. The SMILES string of the molecule is Cc1cccc(CN2CC(CC(C)C)NCC2C)n1. The van der Waals surface area contributed by atoms with Crippen molar-refractivity contribution in [3.8, 4) is 0 Å². The third kappa shape index (κ3) is 4.29. The highest BCUT2D eigenvalue weighted by Gasteiger charge is 2.25. The van der Waals surface area contributed by atoms with Crippen molar-refractivity contribution in [1.82, 2.24) is 15.2 Å². The van der Waals surface area contributed by atoms with E-state index in [2.05, 4.69) is 61.1 Å². The number of piperazine rings is 1. The average molecular weight is 261 g/mol. The molecule has 1 aromatic heterocycles. The molecule has 1 aliphatic heterocycles. The van der Waals surface area contributed by atoms with Gasteiger partial charge in [-0.3, -0.25) is 9.88 Å². The fourth-order valence-corrected chi connectivity index (χ4v) is 2.84. The molecule has 1 saturated heterocycles. The number of aromatic nitrogens is 1. The van der Waals surface area contributed by atoms with Crippen LogP contribution in [-0.4, -0.2) is 35.1 Å². The van der Waals surface area contributed by atoms with Crippen molar-refractivity contribution in [2.24, 2.45) is 5.92 Å². The van der Waals surface area contributed by atoms with Crippen molar-refractivity contribution in [2.45, 2.75) is 52.7 Å². The Morgan fingerprint density at radius 3 is 2.89 bits per heavy atom. The van der Waals surface area contributed by atoms with Crippen LogP contribution in [0.3, 0.4) is 0 Å². The lowest BCUT2D eigenvalue weighted by Gasteiger charge is -2.39. The molecule has 3 nitrogen and oxygen atoms in total. The lowest BCUT2D eigenvalue weighted by Crippen LogP contribution is -2.55. The van der Waals surface area contributed by atoms with Gasteiger partial charge in [-0.15, -0.1) is 0 Å². The van der Waals surface area contributed by atoms with Gasteiger partial charge in [0.1, 0.15) is 0 Å². The zero-order valence-corrected chi connectivity index (χ0v) is 12.7. The van der Waals surface area contributed by atoms with Gasteiger partial charge in [-0.25, -0.2) is 0 Å². The molecule has 0 saturated carbocycles. The number of aryl methyl sites for hydroxylation is 1. The lowest BCUT2D eigenvalue weighted by atomic mass is 10.00. The number of pyridine rings is 1. The minimum atomic E-state index is 0.589. The standard InChI is InChI=1S/C16H27N3/c1-12(2)8-16-11-19(14(4)9-17-16)10-15-7-5-6-13(3)18-15/h5-7,12,14,16-17H,8-11H2,1-4H3. The van der Waals surface area contributed by atoms with E-state index in [1.165, 1.54) is 12.1 Å². The van der Waals surface area contributed by atoms with E-state index in [-0.39, 0.29) is 0 Å². The zero-order valence-electron chi connectivity index (χ0n) is 12.7. The second-order valence-electron chi connectivity index (χ2n) is 6.28. The van der Waals surface area contributed by atoms with E-state index >= 15 is 0 Å². The summed E-state index contributed by atoms with van der Waals surface area (Å²) < 4.78 is 0. The number of nitrogens with zero attached hydrogens (tertiary/aromatic N) is 2. The topological polar surface area (TPSA) is 28.2 Å². The molecule has 3 heteroatoms. The summed E-state index contributed by atoms with van der Waals surface area (Å²) in [4.78, 5) is 7.19. The third-order valence-corrected chi connectivity index (χ3v) is 3.85. The zero-order chi connectivity index (χ0) is 13.8. The van der Waals surface area contributed by atoms with Gasteiger partial charge in [0.05, 0.1) is 5.69 Å². The van der Waals surface area contributed by atoms with Crippen molar-refractivity contribution in [2.75, 3.05) is 13.1 Å². The number of rotatable bonds is 4. The molecule has 2 unspecified atom stereocenters. The van der Waals surface area contributed by atoms with Crippen LogP contribution in [0.4, 0.5) is 0 Å². The summed E-state index contributed by atoms with van der Waals surface area (Å²) in [5.41, 5.74) is 2.30. The largest absolute Gasteiger partial charge is 0.311 e. The molecule has 0 radical (unpaired) electrons. The van der Waals surface area contributed by atoms with Crippen LogP contribution < -0.4 is 5.32 Å². The van der Waals surface area contributed by atoms with Crippen LogP contribution in [-0.2, 0) is 6.54 Å². The summed E-state index contributed by atoms with van der Waals surface area (Å²) in [6, 6.07) is 7.52. The van der Waals surface area contributed by atoms with Gasteiger partial charge in [-0.2, -0.15) is 0 Å². The maximum Gasteiger partial charge on any atom is 0.0547 e. The van der Waals surface area contributed by atoms with Gasteiger partial charge in [0.25, 0.3) is 0 Å². The van der Waals surface area contributed by atoms with Gasteiger partial charge >= 0.3 is 0 Å². The molecule has 2 heterocycles. The van der Waals surface area contributed by atoms with Crippen LogP contribution >= 0.6 is 0 Å². The number of hydrogen-bond donors (Lipinski definition) is 1. The molecular formula is C16H27N3. The van der Waals surface area contributed by atoms with Crippen LogP contribution in [0.5, 0.6) is 0 Å². The maximum atomic E-state index is 4.63. The van der Waals surface area contributed by atoms with E-state index in [4.69, 9.17) is 0 Å². The summed E-state index contributed by atoms with van der Waals surface area (Å²) >= 11 is 0. The second-order valence-corrected chi connectivity index (χ2v) is 6.28. The van der Waals surface area contributed by atoms with E-state index < -0.39 is 0 Å². The highest BCUT2D eigenvalue weighted by atomic mass is 15.2. The lowest BCUT2D eigenvalue weighted by molar-refractivity contribution is 0.123. The van der Waals surface area contributed by atoms with Gasteiger partial charge in [-0.1, -0.05) is 19.9 Å². The Kier molecular flexibility index (Phi) is 4.94. The molecule has 1 aromatic rings. The summed E-state index contributed by atoms with van der Waals surface area (Å²) in [6.07, 6.45) is 1.25. The van der Waals surface area contributed by atoms with Gasteiger partial charge in [-0.05, 0) is 38.3 Å². The Labute approximate surface area is 117 Å². The maximum absolute atomic E-state index is 4.63. The van der Waals surface area contributed by atoms with Gasteiger partial charge in [0.15, 0.2) is 0 Å². The molecule has 0 amide bonds. The molecule has 2 atom stereocenters. The molecule has 0 aromatic carbocycles. The molecule has 1 N–H and O–H groups in total. The van der Waals surface area contributed by atoms with Crippen LogP contribution in [0.1, 0.15) is 38.6 Å². The van der Waals surface area contributed by atoms with Crippen molar-refractivity contribution in [3.05, 3.63) is 29.6 Å². The molecule has 1 aliphatic rings. The smallest absolute Gasteiger partial charge is 0.0547 e. The van der Waals surface area contributed by atoms with Crippen molar-refractivity contribution in [1.29, 1.82) is 0 Å². The number of hydrogen-bond acceptors (Lipinski definition) is 3. The molecule has 2 rings (SSSR count). The Balaban J connectivity index is 1.97. The van der Waals surface area contributed by atoms with E-state index in [0.29, 0.717) is 12.1 Å². The fourth-order valence-electron chi connectivity index (χ4n) is 2.84. The Morgan fingerprint density at radius 1 is 1.42 bits per heavy atom. The average Bonchev–Trinajstić information content (AvgIpc) is 2.33. The predicted octanol–water partition coefficient (Wildman–Crippen LogP) is 2.60. The molecule has 1 fully saturated rings. The minimum Gasteiger partial charge on any atom is -0.311 e. The van der Waals surface area contributed by atoms with Gasteiger partial charge in [0.2, 0.25) is 0 Å². The van der Waals surface area contributed by atoms with Crippen LogP contribution in [0.2, 0.25) is 0 Å². The molecule has 19 heavy (non-hydrogen) atoms. The first-order valence-corrected chi connectivity index (χ1v) is 7.44. The summed E-state index contributed by atoms with van der Waals surface area (Å²) in [7, 11) is 0. The molecular weight excluding hydrogens is 234 g/mol.